The van der Waals surface area contributed by atoms with E-state index in [-0.39, 0.29) is 5.91 Å². The molecule has 1 atom stereocenters. The van der Waals surface area contributed by atoms with Crippen molar-refractivity contribution in [1.29, 1.82) is 0 Å². The number of likely N-dealkylation sites (N-methyl/N-ethyl adjacent to an activating group) is 1. The molecule has 0 aliphatic heterocycles. The van der Waals surface area contributed by atoms with Crippen LogP contribution in [0.25, 0.3) is 0 Å². The van der Waals surface area contributed by atoms with Gasteiger partial charge in [0.1, 0.15) is 0 Å². The van der Waals surface area contributed by atoms with Crippen LogP contribution in [0.5, 0.6) is 0 Å². The number of nitrogens with one attached hydrogen (secondary N) is 1. The quantitative estimate of drug-likeness (QED) is 0.825. The number of carbonyl (C=O) groups excluding carboxylic acids is 1. The molecule has 0 saturated heterocycles. The van der Waals surface area contributed by atoms with Gasteiger partial charge in [0.25, 0.3) is 0 Å². The van der Waals surface area contributed by atoms with Gasteiger partial charge < -0.3 is 15.3 Å². The molecule has 1 aromatic rings. The fourth-order valence-electron chi connectivity index (χ4n) is 1.69. The Hall–Kier alpha value is -1.55. The average molecular weight is 264 g/mol. The van der Waals surface area contributed by atoms with Crippen LogP contribution in [0.15, 0.2) is 24.3 Å². The molecule has 0 heterocycles. The van der Waals surface area contributed by atoms with Gasteiger partial charge in [-0.2, -0.15) is 0 Å². The molecule has 4 nitrogen and oxygen atoms in total. The zero-order valence-electron chi connectivity index (χ0n) is 12.2. The van der Waals surface area contributed by atoms with Crippen LogP contribution in [0.3, 0.4) is 0 Å². The van der Waals surface area contributed by atoms with E-state index < -0.39 is 6.10 Å². The first-order chi connectivity index (χ1) is 8.90. The molecule has 1 aromatic carbocycles. The minimum Gasteiger partial charge on any atom is -0.389 e. The third-order valence-corrected chi connectivity index (χ3v) is 2.90. The number of anilines is 1. The molecule has 0 aliphatic carbocycles. The van der Waals surface area contributed by atoms with Gasteiger partial charge in [-0.15, -0.1) is 0 Å². The fraction of sp³-hybridized carbons (Fsp3) is 0.533. The lowest BCUT2D eigenvalue weighted by Gasteiger charge is -2.19. The minimum absolute atomic E-state index is 0.0239. The Bertz CT molecular complexity index is 399. The van der Waals surface area contributed by atoms with Crippen LogP contribution >= 0.6 is 0 Å². The maximum atomic E-state index is 11.7. The van der Waals surface area contributed by atoms with Gasteiger partial charge in [-0.3, -0.25) is 4.79 Å². The standard InChI is InChI=1S/C15H24N2O2/c1-11(2)9-16-15(19)10-17(4)14-7-5-13(6-8-14)12(3)18/h5-8,11-12,18H,9-10H2,1-4H3,(H,16,19). The normalized spacial score (nSPS) is 12.3. The lowest BCUT2D eigenvalue weighted by atomic mass is 10.1. The second-order valence-electron chi connectivity index (χ2n) is 5.32. The number of aliphatic hydroxyl groups excluding tert-OH is 1. The lowest BCUT2D eigenvalue weighted by Crippen LogP contribution is -2.36. The van der Waals surface area contributed by atoms with Crippen molar-refractivity contribution < 1.29 is 9.90 Å². The Morgan fingerprint density at radius 2 is 1.84 bits per heavy atom. The summed E-state index contributed by atoms with van der Waals surface area (Å²) in [7, 11) is 1.88. The van der Waals surface area contributed by atoms with E-state index in [0.717, 1.165) is 11.3 Å². The molecule has 0 saturated carbocycles. The van der Waals surface area contributed by atoms with Crippen LogP contribution in [0.4, 0.5) is 5.69 Å². The Morgan fingerprint density at radius 3 is 2.32 bits per heavy atom. The van der Waals surface area contributed by atoms with Gasteiger partial charge in [-0.25, -0.2) is 0 Å². The molecule has 4 heteroatoms. The Balaban J connectivity index is 2.53. The summed E-state index contributed by atoms with van der Waals surface area (Å²) in [6, 6.07) is 7.58. The monoisotopic (exact) mass is 264 g/mol. The molecular formula is C15H24N2O2. The predicted molar refractivity (Wildman–Crippen MR) is 78.2 cm³/mol. The van der Waals surface area contributed by atoms with Crippen molar-refractivity contribution in [1.82, 2.24) is 5.32 Å². The molecule has 2 N–H and O–H groups in total. The van der Waals surface area contributed by atoms with Crippen LogP contribution in [0.1, 0.15) is 32.4 Å². The van der Waals surface area contributed by atoms with Crippen molar-refractivity contribution in [3.63, 3.8) is 0 Å². The zero-order chi connectivity index (χ0) is 14.4. The van der Waals surface area contributed by atoms with Crippen molar-refractivity contribution in [2.75, 3.05) is 25.0 Å². The summed E-state index contributed by atoms with van der Waals surface area (Å²) in [5.41, 5.74) is 1.84. The molecule has 0 spiro atoms. The molecule has 1 amide bonds. The molecule has 1 unspecified atom stereocenters. The highest BCUT2D eigenvalue weighted by Crippen LogP contribution is 2.17. The Kier molecular flexibility index (Phi) is 5.83. The van der Waals surface area contributed by atoms with Gasteiger partial charge in [0.15, 0.2) is 0 Å². The second-order valence-corrected chi connectivity index (χ2v) is 5.32. The molecule has 19 heavy (non-hydrogen) atoms. The van der Waals surface area contributed by atoms with Gasteiger partial charge in [0.05, 0.1) is 12.6 Å². The van der Waals surface area contributed by atoms with Crippen molar-refractivity contribution in [2.24, 2.45) is 5.92 Å². The van der Waals surface area contributed by atoms with Crippen molar-refractivity contribution in [3.05, 3.63) is 29.8 Å². The van der Waals surface area contributed by atoms with Gasteiger partial charge in [-0.1, -0.05) is 26.0 Å². The summed E-state index contributed by atoms with van der Waals surface area (Å²) < 4.78 is 0. The molecule has 106 valence electrons. The Morgan fingerprint density at radius 1 is 1.26 bits per heavy atom. The van der Waals surface area contributed by atoms with E-state index in [1.807, 2.05) is 36.2 Å². The van der Waals surface area contributed by atoms with E-state index in [1.54, 1.807) is 6.92 Å². The van der Waals surface area contributed by atoms with Crippen molar-refractivity contribution >= 4 is 11.6 Å². The zero-order valence-corrected chi connectivity index (χ0v) is 12.2. The summed E-state index contributed by atoms with van der Waals surface area (Å²) in [6.45, 7) is 6.91. The molecular weight excluding hydrogens is 240 g/mol. The maximum Gasteiger partial charge on any atom is 0.239 e. The first-order valence-corrected chi connectivity index (χ1v) is 6.66. The first-order valence-electron chi connectivity index (χ1n) is 6.66. The van der Waals surface area contributed by atoms with Gasteiger partial charge in [-0.05, 0) is 30.5 Å². The van der Waals surface area contributed by atoms with Gasteiger partial charge in [0.2, 0.25) is 5.91 Å². The smallest absolute Gasteiger partial charge is 0.239 e. The first kappa shape index (κ1) is 15.5. The molecule has 0 fully saturated rings. The molecule has 0 bridgehead atoms. The SMILES string of the molecule is CC(C)CNC(=O)CN(C)c1ccc(C(C)O)cc1. The highest BCUT2D eigenvalue weighted by molar-refractivity contribution is 5.81. The number of hydrogen-bond donors (Lipinski definition) is 2. The number of benzene rings is 1. The van der Waals surface area contributed by atoms with Crippen LogP contribution < -0.4 is 10.2 Å². The van der Waals surface area contributed by atoms with Crippen molar-refractivity contribution in [2.45, 2.75) is 26.9 Å². The largest absolute Gasteiger partial charge is 0.389 e. The average Bonchev–Trinajstić information content (AvgIpc) is 2.36. The van der Waals surface area contributed by atoms with Gasteiger partial charge >= 0.3 is 0 Å². The van der Waals surface area contributed by atoms with Crippen LogP contribution in [0, 0.1) is 5.92 Å². The van der Waals surface area contributed by atoms with Crippen LogP contribution in [-0.4, -0.2) is 31.2 Å². The van der Waals surface area contributed by atoms with Crippen molar-refractivity contribution in [3.8, 4) is 0 Å². The third kappa shape index (κ3) is 5.30. The number of amides is 1. The van der Waals surface area contributed by atoms with E-state index >= 15 is 0 Å². The van der Waals surface area contributed by atoms with Crippen LogP contribution in [0.2, 0.25) is 0 Å². The van der Waals surface area contributed by atoms with E-state index in [4.69, 9.17) is 0 Å². The number of rotatable bonds is 6. The minimum atomic E-state index is -0.464. The summed E-state index contributed by atoms with van der Waals surface area (Å²) in [5.74, 6) is 0.482. The Labute approximate surface area is 115 Å². The summed E-state index contributed by atoms with van der Waals surface area (Å²) >= 11 is 0. The number of hydrogen-bond acceptors (Lipinski definition) is 3. The van der Waals surface area contributed by atoms with E-state index in [0.29, 0.717) is 19.0 Å². The summed E-state index contributed by atoms with van der Waals surface area (Å²) in [5, 5.41) is 12.3. The van der Waals surface area contributed by atoms with E-state index in [2.05, 4.69) is 19.2 Å². The maximum absolute atomic E-state index is 11.7. The predicted octanol–water partition coefficient (Wildman–Crippen LogP) is 1.95. The van der Waals surface area contributed by atoms with Crippen LogP contribution in [-0.2, 0) is 4.79 Å². The number of aliphatic hydroxyl groups is 1. The fourth-order valence-corrected chi connectivity index (χ4v) is 1.69. The summed E-state index contributed by atoms with van der Waals surface area (Å²) in [6.07, 6.45) is -0.464. The van der Waals surface area contributed by atoms with Gasteiger partial charge in [0, 0.05) is 19.3 Å². The lowest BCUT2D eigenvalue weighted by molar-refractivity contribution is -0.119. The third-order valence-electron chi connectivity index (χ3n) is 2.90. The molecule has 0 aliphatic rings. The van der Waals surface area contributed by atoms with E-state index in [9.17, 15) is 9.90 Å². The molecule has 0 aromatic heterocycles. The molecule has 0 radical (unpaired) electrons. The molecule has 1 rings (SSSR count). The number of nitrogens with zero attached hydrogens (tertiary/aromatic N) is 1. The topological polar surface area (TPSA) is 52.6 Å². The highest BCUT2D eigenvalue weighted by Gasteiger charge is 2.08. The highest BCUT2D eigenvalue weighted by atomic mass is 16.3. The second kappa shape index (κ2) is 7.14. The number of carbonyl (C=O) groups is 1. The summed E-state index contributed by atoms with van der Waals surface area (Å²) in [4.78, 5) is 13.6. The van der Waals surface area contributed by atoms with E-state index in [1.165, 1.54) is 0 Å².